The molecular weight excluding hydrogens is 484 g/mol. The fraction of sp³-hybridized carbons (Fsp3) is 0.200. The van der Waals surface area contributed by atoms with Crippen molar-refractivity contribution >= 4 is 45.9 Å². The number of pyridine rings is 1. The molecule has 0 aliphatic carbocycles. The molecule has 0 bridgehead atoms. The van der Waals surface area contributed by atoms with Gasteiger partial charge in [-0.3, -0.25) is 20.2 Å². The van der Waals surface area contributed by atoms with Gasteiger partial charge in [-0.25, -0.2) is 4.79 Å². The van der Waals surface area contributed by atoms with Crippen molar-refractivity contribution in [2.45, 2.75) is 26.2 Å². The number of nitrogens with one attached hydrogen (secondary N) is 3. The lowest BCUT2D eigenvalue weighted by Gasteiger charge is -2.14. The number of carbonyl (C=O) groups is 2. The van der Waals surface area contributed by atoms with Gasteiger partial charge in [0.1, 0.15) is 17.2 Å². The molecule has 4 rings (SSSR count). The average Bonchev–Trinajstić information content (AvgIpc) is 3.29. The predicted octanol–water partition coefficient (Wildman–Crippen LogP) is 5.45. The number of H-pyrrole nitrogens is 1. The number of ether oxygens (including phenoxy) is 2. The summed E-state index contributed by atoms with van der Waals surface area (Å²) in [5, 5.41) is 13.2. The molecule has 186 valence electrons. The summed E-state index contributed by atoms with van der Waals surface area (Å²) in [6, 6.07) is 11.0. The van der Waals surface area contributed by atoms with Crippen molar-refractivity contribution in [2.24, 2.45) is 5.73 Å². The highest BCUT2D eigenvalue weighted by atomic mass is 35.5. The number of nitrogens with two attached hydrogens (primary N) is 1. The van der Waals surface area contributed by atoms with Crippen LogP contribution in [0.1, 0.15) is 36.8 Å². The number of anilines is 2. The van der Waals surface area contributed by atoms with Crippen LogP contribution in [0.2, 0.25) is 5.02 Å². The molecule has 0 aliphatic rings. The van der Waals surface area contributed by atoms with Crippen molar-refractivity contribution in [2.75, 3.05) is 17.7 Å². The van der Waals surface area contributed by atoms with E-state index < -0.39 is 11.9 Å². The Morgan fingerprint density at radius 3 is 2.47 bits per heavy atom. The predicted molar refractivity (Wildman–Crippen MR) is 138 cm³/mol. The number of fused-ring (bicyclic) bond motifs is 1. The van der Waals surface area contributed by atoms with Crippen LogP contribution in [0.5, 0.6) is 17.2 Å². The Morgan fingerprint density at radius 1 is 1.06 bits per heavy atom. The Morgan fingerprint density at radius 2 is 1.83 bits per heavy atom. The average molecular weight is 509 g/mol. The molecule has 0 aliphatic heterocycles. The number of hydrogen-bond donors (Lipinski definition) is 4. The standard InChI is InChI=1S/C25H25ClN6O4/c1-25(2,3)21-12-22(32-31-21)30-24(34)29-17-6-5-13(9-16(17)26)36-19-7-8-28-18-11-20(35-4)15(23(27)33)10-14(18)19/h5-12H,1-4H3,(H2,27,33)(H3,29,30,31,32,34). The molecule has 0 saturated carbocycles. The molecule has 0 unspecified atom stereocenters. The third-order valence-electron chi connectivity index (χ3n) is 5.33. The van der Waals surface area contributed by atoms with Crippen LogP contribution in [-0.4, -0.2) is 34.2 Å². The van der Waals surface area contributed by atoms with Gasteiger partial charge in [-0.05, 0) is 24.3 Å². The number of amides is 3. The fourth-order valence-electron chi connectivity index (χ4n) is 3.43. The molecule has 4 aromatic rings. The molecule has 2 heterocycles. The normalized spacial score (nSPS) is 11.2. The Balaban J connectivity index is 1.51. The highest BCUT2D eigenvalue weighted by molar-refractivity contribution is 6.34. The fourth-order valence-corrected chi connectivity index (χ4v) is 3.64. The van der Waals surface area contributed by atoms with Gasteiger partial charge in [-0.1, -0.05) is 32.4 Å². The third-order valence-corrected chi connectivity index (χ3v) is 5.65. The van der Waals surface area contributed by atoms with Gasteiger partial charge in [0.2, 0.25) is 0 Å². The summed E-state index contributed by atoms with van der Waals surface area (Å²) in [5.41, 5.74) is 7.40. The second kappa shape index (κ2) is 9.74. The molecule has 0 saturated heterocycles. The number of aromatic nitrogens is 3. The van der Waals surface area contributed by atoms with Crippen molar-refractivity contribution in [3.05, 3.63) is 64.9 Å². The molecule has 0 fully saturated rings. The van der Waals surface area contributed by atoms with Crippen molar-refractivity contribution in [3.63, 3.8) is 0 Å². The first kappa shape index (κ1) is 24.8. The van der Waals surface area contributed by atoms with Crippen LogP contribution in [0.15, 0.2) is 48.7 Å². The lowest BCUT2D eigenvalue weighted by molar-refractivity contribution is 0.0997. The molecule has 2 aromatic heterocycles. The zero-order valence-corrected chi connectivity index (χ0v) is 20.9. The van der Waals surface area contributed by atoms with Gasteiger partial charge < -0.3 is 20.5 Å². The molecule has 0 atom stereocenters. The molecule has 2 aromatic carbocycles. The SMILES string of the molecule is COc1cc2nccc(Oc3ccc(NC(=O)Nc4cc(C(C)(C)C)[nH]n4)c(Cl)c3)c2cc1C(N)=O. The van der Waals surface area contributed by atoms with E-state index in [1.165, 1.54) is 7.11 Å². The van der Waals surface area contributed by atoms with Gasteiger partial charge in [0.05, 0.1) is 28.9 Å². The smallest absolute Gasteiger partial charge is 0.324 e. The van der Waals surface area contributed by atoms with Crippen LogP contribution in [0.4, 0.5) is 16.3 Å². The number of carbonyl (C=O) groups excluding carboxylic acids is 2. The monoisotopic (exact) mass is 508 g/mol. The maximum absolute atomic E-state index is 12.4. The maximum Gasteiger partial charge on any atom is 0.324 e. The summed E-state index contributed by atoms with van der Waals surface area (Å²) in [5.74, 6) is 0.931. The molecule has 0 radical (unpaired) electrons. The van der Waals surface area contributed by atoms with Gasteiger partial charge >= 0.3 is 6.03 Å². The highest BCUT2D eigenvalue weighted by Crippen LogP contribution is 2.35. The first-order chi connectivity index (χ1) is 17.0. The van der Waals surface area contributed by atoms with Crippen molar-refractivity contribution in [1.29, 1.82) is 0 Å². The minimum absolute atomic E-state index is 0.129. The van der Waals surface area contributed by atoms with E-state index >= 15 is 0 Å². The summed E-state index contributed by atoms with van der Waals surface area (Å²) in [6.45, 7) is 6.11. The van der Waals surface area contributed by atoms with Crippen molar-refractivity contribution in [3.8, 4) is 17.2 Å². The third kappa shape index (κ3) is 5.33. The molecule has 0 spiro atoms. The Hall–Kier alpha value is -4.31. The lowest BCUT2D eigenvalue weighted by atomic mass is 9.92. The summed E-state index contributed by atoms with van der Waals surface area (Å²) in [6.07, 6.45) is 1.57. The van der Waals surface area contributed by atoms with Crippen LogP contribution in [0.3, 0.4) is 0 Å². The second-order valence-electron chi connectivity index (χ2n) is 8.98. The van der Waals surface area contributed by atoms with E-state index in [2.05, 4.69) is 25.8 Å². The van der Waals surface area contributed by atoms with E-state index in [1.54, 1.807) is 48.7 Å². The largest absolute Gasteiger partial charge is 0.496 e. The quantitative estimate of drug-likeness (QED) is 0.272. The summed E-state index contributed by atoms with van der Waals surface area (Å²) >= 11 is 6.40. The Kier molecular flexibility index (Phi) is 6.71. The van der Waals surface area contributed by atoms with Gasteiger partial charge in [0.15, 0.2) is 5.82 Å². The van der Waals surface area contributed by atoms with E-state index in [-0.39, 0.29) is 16.0 Å². The zero-order valence-electron chi connectivity index (χ0n) is 20.1. The number of methoxy groups -OCH3 is 1. The number of rotatable bonds is 6. The number of nitrogens with zero attached hydrogens (tertiary/aromatic N) is 2. The van der Waals surface area contributed by atoms with E-state index in [0.29, 0.717) is 39.7 Å². The lowest BCUT2D eigenvalue weighted by Crippen LogP contribution is -2.19. The number of primary amides is 1. The highest BCUT2D eigenvalue weighted by Gasteiger charge is 2.18. The number of hydrogen-bond acceptors (Lipinski definition) is 6. The molecular formula is C25H25ClN6O4. The van der Waals surface area contributed by atoms with E-state index in [4.69, 9.17) is 26.8 Å². The minimum Gasteiger partial charge on any atom is -0.496 e. The first-order valence-electron chi connectivity index (χ1n) is 10.9. The number of aromatic amines is 1. The maximum atomic E-state index is 12.4. The van der Waals surface area contributed by atoms with Crippen molar-refractivity contribution < 1.29 is 19.1 Å². The number of benzene rings is 2. The van der Waals surface area contributed by atoms with E-state index in [9.17, 15) is 9.59 Å². The number of urea groups is 1. The van der Waals surface area contributed by atoms with Crippen LogP contribution in [-0.2, 0) is 5.41 Å². The van der Waals surface area contributed by atoms with E-state index in [1.807, 2.05) is 20.8 Å². The summed E-state index contributed by atoms with van der Waals surface area (Å²) < 4.78 is 11.3. The van der Waals surface area contributed by atoms with E-state index in [0.717, 1.165) is 5.69 Å². The molecule has 5 N–H and O–H groups in total. The Bertz CT molecular complexity index is 1460. The first-order valence-corrected chi connectivity index (χ1v) is 11.3. The van der Waals surface area contributed by atoms with Gasteiger partial charge in [-0.15, -0.1) is 0 Å². The van der Waals surface area contributed by atoms with Gasteiger partial charge in [-0.2, -0.15) is 5.10 Å². The molecule has 3 amide bonds. The molecule has 11 heteroatoms. The summed E-state index contributed by atoms with van der Waals surface area (Å²) in [7, 11) is 1.45. The summed E-state index contributed by atoms with van der Waals surface area (Å²) in [4.78, 5) is 28.6. The zero-order chi connectivity index (χ0) is 26.0. The Labute approximate surface area is 212 Å². The number of halogens is 1. The second-order valence-corrected chi connectivity index (χ2v) is 9.39. The van der Waals surface area contributed by atoms with Crippen LogP contribution in [0.25, 0.3) is 10.9 Å². The molecule has 10 nitrogen and oxygen atoms in total. The van der Waals surface area contributed by atoms with Crippen LogP contribution < -0.4 is 25.8 Å². The van der Waals surface area contributed by atoms with Gasteiger partial charge in [0, 0.05) is 40.9 Å². The molecule has 36 heavy (non-hydrogen) atoms. The topological polar surface area (TPSA) is 144 Å². The van der Waals surface area contributed by atoms with Crippen LogP contribution >= 0.6 is 11.6 Å². The van der Waals surface area contributed by atoms with Crippen molar-refractivity contribution in [1.82, 2.24) is 15.2 Å². The minimum atomic E-state index is -0.634. The van der Waals surface area contributed by atoms with Crippen LogP contribution in [0, 0.1) is 0 Å². The van der Waals surface area contributed by atoms with Gasteiger partial charge in [0.25, 0.3) is 5.91 Å².